The molecule has 0 aromatic heterocycles. The zero-order chi connectivity index (χ0) is 48.9. The molecule has 0 aromatic carbocycles. The molecule has 2 amide bonds. The molecule has 5 heterocycles. The van der Waals surface area contributed by atoms with Crippen molar-refractivity contribution >= 4 is 11.8 Å². The van der Waals surface area contributed by atoms with Gasteiger partial charge in [-0.3, -0.25) is 9.59 Å². The summed E-state index contributed by atoms with van der Waals surface area (Å²) < 4.78 is 58.4. The Balaban J connectivity index is 1.51. The second-order valence-corrected chi connectivity index (χ2v) is 16.6. The van der Waals surface area contributed by atoms with E-state index in [0.717, 1.165) is 13.8 Å². The molecule has 5 fully saturated rings. The van der Waals surface area contributed by atoms with Crippen LogP contribution in [0.15, 0.2) is 0 Å². The van der Waals surface area contributed by atoms with E-state index >= 15 is 0 Å². The third-order valence-corrected chi connectivity index (χ3v) is 11.7. The molecule has 0 unspecified atom stereocenters. The molecule has 0 aliphatic carbocycles. The van der Waals surface area contributed by atoms with Crippen molar-refractivity contribution in [2.45, 2.75) is 180 Å². The van der Waals surface area contributed by atoms with Gasteiger partial charge in [0, 0.05) is 13.8 Å². The fraction of sp³-hybridized carbons (Fsp3) is 0.946. The van der Waals surface area contributed by atoms with Crippen molar-refractivity contribution < 1.29 is 134 Å². The van der Waals surface area contributed by atoms with E-state index in [2.05, 4.69) is 10.6 Å². The highest BCUT2D eigenvalue weighted by molar-refractivity contribution is 5.73. The van der Waals surface area contributed by atoms with Crippen molar-refractivity contribution in [3.05, 3.63) is 0 Å². The smallest absolute Gasteiger partial charge is 0.217 e. The summed E-state index contributed by atoms with van der Waals surface area (Å²) in [5, 5.41) is 162. The second kappa shape index (κ2) is 24.2. The number of rotatable bonds is 18. The summed E-state index contributed by atoms with van der Waals surface area (Å²) in [4.78, 5) is 25.5. The SMILES string of the molecule is CC(=O)N[C@@H]1[C@H](O[C@H]2[C@H](O)[C@@H](CO)O[C@@H](OC[C@@H](O)CO)[C@@H]2NC(C)=O)O[C@@H](C)[C@@H](O[C@@H]2O[C@H](CO)[C@@H](O)[C@H](O)[C@H]2O)[C@H]1O[C@H]1O[C@H](CO[C@H]2O[C@H](CO)[C@@H](O)[C@H](O)[C@H]2O)[C@H](O)[C@H](O)[C@H]1O. The monoisotopic (exact) mass is 968 g/mol. The van der Waals surface area contributed by atoms with Gasteiger partial charge in [0.2, 0.25) is 11.8 Å². The molecule has 29 heteroatoms. The fourth-order valence-electron chi connectivity index (χ4n) is 8.08. The predicted molar refractivity (Wildman–Crippen MR) is 205 cm³/mol. The zero-order valence-electron chi connectivity index (χ0n) is 35.9. The van der Waals surface area contributed by atoms with E-state index in [0.29, 0.717) is 0 Å². The summed E-state index contributed by atoms with van der Waals surface area (Å²) in [6.45, 7) is -1.18. The number of hydrogen-bond acceptors (Lipinski definition) is 27. The molecule has 0 radical (unpaired) electrons. The number of aliphatic hydroxyl groups excluding tert-OH is 15. The van der Waals surface area contributed by atoms with Crippen LogP contribution in [0.3, 0.4) is 0 Å². The van der Waals surface area contributed by atoms with Crippen LogP contribution < -0.4 is 10.6 Å². The quantitative estimate of drug-likeness (QED) is 0.0606. The van der Waals surface area contributed by atoms with E-state index < -0.39 is 211 Å². The molecule has 0 saturated carbocycles. The lowest BCUT2D eigenvalue weighted by molar-refractivity contribution is -0.382. The van der Waals surface area contributed by atoms with Crippen molar-refractivity contribution in [3.63, 3.8) is 0 Å². The molecule has 5 rings (SSSR count). The molecule has 5 saturated heterocycles. The molecule has 0 bridgehead atoms. The Morgan fingerprint density at radius 1 is 0.485 bits per heavy atom. The van der Waals surface area contributed by atoms with Crippen LogP contribution in [0.2, 0.25) is 0 Å². The van der Waals surface area contributed by atoms with Gasteiger partial charge in [0.15, 0.2) is 31.5 Å². The van der Waals surface area contributed by atoms with Crippen LogP contribution >= 0.6 is 0 Å². The van der Waals surface area contributed by atoms with Crippen LogP contribution in [0, 0.1) is 0 Å². The second-order valence-electron chi connectivity index (χ2n) is 16.6. The highest BCUT2D eigenvalue weighted by Crippen LogP contribution is 2.36. The van der Waals surface area contributed by atoms with Crippen molar-refractivity contribution in [3.8, 4) is 0 Å². The van der Waals surface area contributed by atoms with Crippen LogP contribution in [0.25, 0.3) is 0 Å². The van der Waals surface area contributed by atoms with Crippen LogP contribution in [0.4, 0.5) is 0 Å². The van der Waals surface area contributed by atoms with Gasteiger partial charge in [-0.1, -0.05) is 0 Å². The molecule has 5 aliphatic rings. The standard InChI is InChI=1S/C37H64N2O27/c1-10-30(64-36-28(55)25(52)21(48)15(6-42)62-36)32(66-37-29(56)26(53)22(49)17(63-37)9-58-35-27(54)24(51)20(47)14(5-41)61-35)19(39-12(3)45)34(59-10)65-31-18(38-11(2)44)33(57-8-13(46)4-40)60-16(7-43)23(31)50/h10,13-37,40-43,46-56H,4-9H2,1-3H3,(H,38,44)(H,39,45)/t10-,13-,14+,15+,16+,17+,18+,19-,20+,21+,22-,23+,24-,25-,26-,27+,28+,29+,30+,31+,32-,33+,34-,35-,36-,37+/m0/s1. The normalized spacial score (nSPS) is 47.2. The summed E-state index contributed by atoms with van der Waals surface area (Å²) in [6, 6.07) is -3.21. The Morgan fingerprint density at radius 3 is 1.39 bits per heavy atom. The number of carbonyl (C=O) groups is 2. The Hall–Kier alpha value is -2.06. The van der Waals surface area contributed by atoms with E-state index in [1.807, 2.05) is 0 Å². The average Bonchev–Trinajstić information content (AvgIpc) is 3.28. The van der Waals surface area contributed by atoms with E-state index in [1.165, 1.54) is 6.92 Å². The third-order valence-electron chi connectivity index (χ3n) is 11.7. The first-order chi connectivity index (χ1) is 31.2. The zero-order valence-corrected chi connectivity index (χ0v) is 35.9. The van der Waals surface area contributed by atoms with Crippen molar-refractivity contribution in [2.24, 2.45) is 0 Å². The predicted octanol–water partition coefficient (Wildman–Crippen LogP) is -11.2. The minimum atomic E-state index is -2.15. The van der Waals surface area contributed by atoms with Gasteiger partial charge >= 0.3 is 0 Å². The topological polar surface area (TPSA) is 454 Å². The Labute approximate surface area is 375 Å². The Bertz CT molecular complexity index is 1520. The summed E-state index contributed by atoms with van der Waals surface area (Å²) in [5.41, 5.74) is 0. The van der Waals surface area contributed by atoms with Gasteiger partial charge in [-0.2, -0.15) is 0 Å². The maximum atomic E-state index is 13.0. The van der Waals surface area contributed by atoms with E-state index in [-0.39, 0.29) is 0 Å². The van der Waals surface area contributed by atoms with Crippen molar-refractivity contribution in [1.82, 2.24) is 10.6 Å². The van der Waals surface area contributed by atoms with Gasteiger partial charge in [0.25, 0.3) is 0 Å². The molecule has 384 valence electrons. The number of aliphatic hydroxyl groups is 15. The maximum absolute atomic E-state index is 13.0. The average molecular weight is 969 g/mol. The molecular formula is C37H64N2O27. The third kappa shape index (κ3) is 12.4. The van der Waals surface area contributed by atoms with E-state index in [4.69, 9.17) is 47.4 Å². The summed E-state index contributed by atoms with van der Waals surface area (Å²) in [5.74, 6) is -1.54. The van der Waals surface area contributed by atoms with Gasteiger partial charge in [0.1, 0.15) is 122 Å². The summed E-state index contributed by atoms with van der Waals surface area (Å²) in [7, 11) is 0. The van der Waals surface area contributed by atoms with Gasteiger partial charge < -0.3 is 135 Å². The van der Waals surface area contributed by atoms with E-state index in [9.17, 15) is 86.2 Å². The molecule has 26 atom stereocenters. The van der Waals surface area contributed by atoms with Crippen LogP contribution in [-0.4, -0.2) is 288 Å². The molecule has 17 N–H and O–H groups in total. The number of ether oxygens (including phenoxy) is 10. The minimum Gasteiger partial charge on any atom is -0.394 e. The fourth-order valence-corrected chi connectivity index (χ4v) is 8.08. The number of hydrogen-bond donors (Lipinski definition) is 17. The van der Waals surface area contributed by atoms with Gasteiger partial charge in [-0.15, -0.1) is 0 Å². The van der Waals surface area contributed by atoms with Crippen molar-refractivity contribution in [2.75, 3.05) is 39.6 Å². The minimum absolute atomic E-state index is 0.574. The first kappa shape index (κ1) is 54.9. The molecule has 66 heavy (non-hydrogen) atoms. The van der Waals surface area contributed by atoms with Gasteiger partial charge in [-0.05, 0) is 6.92 Å². The lowest BCUT2D eigenvalue weighted by atomic mass is 9.93. The molecule has 29 nitrogen and oxygen atoms in total. The Morgan fingerprint density at radius 2 is 0.894 bits per heavy atom. The number of carbonyl (C=O) groups excluding carboxylic acids is 2. The number of nitrogens with one attached hydrogen (secondary N) is 2. The maximum Gasteiger partial charge on any atom is 0.217 e. The molecule has 0 aromatic rings. The first-order valence-corrected chi connectivity index (χ1v) is 21.1. The van der Waals surface area contributed by atoms with E-state index in [1.54, 1.807) is 0 Å². The summed E-state index contributed by atoms with van der Waals surface area (Å²) in [6.07, 6.45) is -42.5. The lowest BCUT2D eigenvalue weighted by Gasteiger charge is -2.51. The molecule has 0 spiro atoms. The molecule has 5 aliphatic heterocycles. The number of amides is 2. The van der Waals surface area contributed by atoms with Crippen molar-refractivity contribution in [1.29, 1.82) is 0 Å². The van der Waals surface area contributed by atoms with Crippen LogP contribution in [0.5, 0.6) is 0 Å². The van der Waals surface area contributed by atoms with Crippen LogP contribution in [-0.2, 0) is 57.0 Å². The first-order valence-electron chi connectivity index (χ1n) is 21.1. The largest absolute Gasteiger partial charge is 0.394 e. The van der Waals surface area contributed by atoms with Gasteiger partial charge in [-0.25, -0.2) is 0 Å². The highest BCUT2D eigenvalue weighted by atomic mass is 16.8. The lowest BCUT2D eigenvalue weighted by Crippen LogP contribution is -2.71. The Kier molecular flexibility index (Phi) is 20.1. The molecular weight excluding hydrogens is 904 g/mol. The summed E-state index contributed by atoms with van der Waals surface area (Å²) >= 11 is 0. The highest BCUT2D eigenvalue weighted by Gasteiger charge is 2.57. The van der Waals surface area contributed by atoms with Gasteiger partial charge in [0.05, 0.1) is 45.7 Å². The van der Waals surface area contributed by atoms with Crippen LogP contribution in [0.1, 0.15) is 20.8 Å².